The average molecular weight is 366 g/mol. The lowest BCUT2D eigenvalue weighted by Gasteiger charge is -2.12. The molecule has 0 bridgehead atoms. The largest absolute Gasteiger partial charge is 0.469 e. The third kappa shape index (κ3) is 4.23. The van der Waals surface area contributed by atoms with Crippen LogP contribution in [0.2, 0.25) is 0 Å². The second-order valence-electron chi connectivity index (χ2n) is 6.04. The molecule has 0 unspecified atom stereocenters. The number of hydrogen-bond donors (Lipinski definition) is 0. The summed E-state index contributed by atoms with van der Waals surface area (Å²) in [7, 11) is 1.32. The van der Waals surface area contributed by atoms with E-state index >= 15 is 0 Å². The van der Waals surface area contributed by atoms with Gasteiger partial charge in [-0.2, -0.15) is 0 Å². The van der Waals surface area contributed by atoms with Crippen molar-refractivity contribution in [3.05, 3.63) is 75.6 Å². The van der Waals surface area contributed by atoms with Crippen molar-refractivity contribution in [2.24, 2.45) is 0 Å². The lowest BCUT2D eigenvalue weighted by molar-refractivity contribution is -0.140. The first-order valence-corrected chi connectivity index (χ1v) is 8.39. The van der Waals surface area contributed by atoms with E-state index < -0.39 is 11.6 Å². The number of carbonyl (C=O) groups excluding carboxylic acids is 2. The van der Waals surface area contributed by atoms with Gasteiger partial charge in [0.1, 0.15) is 11.3 Å². The smallest absolute Gasteiger partial charge is 0.343 e. The normalized spacial score (nSPS) is 10.6. The van der Waals surface area contributed by atoms with Crippen LogP contribution in [0.1, 0.15) is 27.9 Å². The highest BCUT2D eigenvalue weighted by Crippen LogP contribution is 2.29. The van der Waals surface area contributed by atoms with Gasteiger partial charge in [-0.25, -0.2) is 9.59 Å². The van der Waals surface area contributed by atoms with E-state index in [0.29, 0.717) is 28.5 Å². The molecule has 0 N–H and O–H groups in total. The number of benzene rings is 2. The van der Waals surface area contributed by atoms with Gasteiger partial charge in [0.15, 0.2) is 0 Å². The fourth-order valence-corrected chi connectivity index (χ4v) is 2.75. The third-order valence-corrected chi connectivity index (χ3v) is 4.17. The van der Waals surface area contributed by atoms with Gasteiger partial charge in [-0.05, 0) is 42.7 Å². The standard InChI is InChI=1S/C21H18O6/c1-13-10-20(23)26-18-12-17(27-21(24)14-6-4-3-5-7-14)15(11-16(13)18)8-9-19(22)25-2/h3-7,10-12H,8-9H2,1-2H3. The van der Waals surface area contributed by atoms with Crippen LogP contribution < -0.4 is 10.4 Å². The minimum atomic E-state index is -0.538. The van der Waals surface area contributed by atoms with Crippen molar-refractivity contribution < 1.29 is 23.5 Å². The molecule has 0 spiro atoms. The van der Waals surface area contributed by atoms with Crippen LogP contribution in [0.25, 0.3) is 11.0 Å². The van der Waals surface area contributed by atoms with Gasteiger partial charge in [0, 0.05) is 23.9 Å². The van der Waals surface area contributed by atoms with Crippen LogP contribution >= 0.6 is 0 Å². The molecule has 3 aromatic rings. The molecule has 1 aromatic heterocycles. The van der Waals surface area contributed by atoms with Gasteiger partial charge in [-0.1, -0.05) is 18.2 Å². The van der Waals surface area contributed by atoms with E-state index in [4.69, 9.17) is 9.15 Å². The molecular formula is C21H18O6. The summed E-state index contributed by atoms with van der Waals surface area (Å²) in [6, 6.07) is 13.2. The highest BCUT2D eigenvalue weighted by Gasteiger charge is 2.16. The Morgan fingerprint density at radius 2 is 1.81 bits per heavy atom. The Balaban J connectivity index is 2.03. The molecule has 0 saturated heterocycles. The predicted octanol–water partition coefficient (Wildman–Crippen LogP) is 3.43. The Labute approximate surface area is 155 Å². The van der Waals surface area contributed by atoms with Gasteiger partial charge in [0.05, 0.1) is 12.7 Å². The van der Waals surface area contributed by atoms with Crippen molar-refractivity contribution >= 4 is 22.9 Å². The SMILES string of the molecule is COC(=O)CCc1cc2c(C)cc(=O)oc2cc1OC(=O)c1ccccc1. The molecule has 0 fully saturated rings. The Morgan fingerprint density at radius 1 is 1.07 bits per heavy atom. The van der Waals surface area contributed by atoms with E-state index in [-0.39, 0.29) is 18.1 Å². The molecule has 2 aromatic carbocycles. The van der Waals surface area contributed by atoms with E-state index in [0.717, 1.165) is 5.56 Å². The van der Waals surface area contributed by atoms with Crippen molar-refractivity contribution in [3.63, 3.8) is 0 Å². The zero-order chi connectivity index (χ0) is 19.4. The fraction of sp³-hybridized carbons (Fsp3) is 0.190. The second-order valence-corrected chi connectivity index (χ2v) is 6.04. The molecule has 0 atom stereocenters. The number of aryl methyl sites for hydroxylation is 2. The molecule has 3 rings (SSSR count). The van der Waals surface area contributed by atoms with Gasteiger partial charge >= 0.3 is 17.6 Å². The summed E-state index contributed by atoms with van der Waals surface area (Å²) in [6.45, 7) is 1.79. The number of carbonyl (C=O) groups is 2. The molecule has 138 valence electrons. The zero-order valence-corrected chi connectivity index (χ0v) is 15.0. The molecule has 0 aliphatic carbocycles. The summed E-state index contributed by atoms with van der Waals surface area (Å²) >= 11 is 0. The maximum absolute atomic E-state index is 12.4. The van der Waals surface area contributed by atoms with E-state index in [1.165, 1.54) is 19.2 Å². The Bertz CT molecular complexity index is 1050. The predicted molar refractivity (Wildman–Crippen MR) is 99.0 cm³/mol. The van der Waals surface area contributed by atoms with Crippen LogP contribution in [-0.2, 0) is 16.0 Å². The van der Waals surface area contributed by atoms with Gasteiger partial charge in [0.25, 0.3) is 0 Å². The van der Waals surface area contributed by atoms with Crippen LogP contribution in [-0.4, -0.2) is 19.0 Å². The topological polar surface area (TPSA) is 82.8 Å². The van der Waals surface area contributed by atoms with Crippen LogP contribution in [0.5, 0.6) is 5.75 Å². The first kappa shape index (κ1) is 18.4. The minimum absolute atomic E-state index is 0.133. The number of fused-ring (bicyclic) bond motifs is 1. The van der Waals surface area contributed by atoms with Crippen LogP contribution in [0.4, 0.5) is 0 Å². The Hall–Kier alpha value is -3.41. The molecule has 1 heterocycles. The van der Waals surface area contributed by atoms with E-state index in [1.54, 1.807) is 43.3 Å². The molecule has 0 aliphatic rings. The monoisotopic (exact) mass is 366 g/mol. The Morgan fingerprint density at radius 3 is 2.52 bits per heavy atom. The lowest BCUT2D eigenvalue weighted by atomic mass is 10.0. The summed E-state index contributed by atoms with van der Waals surface area (Å²) in [4.78, 5) is 35.6. The van der Waals surface area contributed by atoms with Crippen molar-refractivity contribution in [3.8, 4) is 5.75 Å². The summed E-state index contributed by atoms with van der Waals surface area (Å²) in [5, 5.41) is 0.717. The molecule has 0 radical (unpaired) electrons. The van der Waals surface area contributed by atoms with E-state index in [9.17, 15) is 14.4 Å². The van der Waals surface area contributed by atoms with Crippen molar-refractivity contribution in [1.29, 1.82) is 0 Å². The highest BCUT2D eigenvalue weighted by molar-refractivity contribution is 5.92. The van der Waals surface area contributed by atoms with Crippen LogP contribution in [0.3, 0.4) is 0 Å². The van der Waals surface area contributed by atoms with Crippen LogP contribution in [0.15, 0.2) is 57.7 Å². The molecule has 6 nitrogen and oxygen atoms in total. The summed E-state index contributed by atoms with van der Waals surface area (Å²) in [5.74, 6) is -0.662. The number of rotatable bonds is 5. The maximum atomic E-state index is 12.4. The maximum Gasteiger partial charge on any atom is 0.343 e. The van der Waals surface area contributed by atoms with Gasteiger partial charge in [0.2, 0.25) is 0 Å². The van der Waals surface area contributed by atoms with Crippen LogP contribution in [0, 0.1) is 6.92 Å². The molecule has 0 aliphatic heterocycles. The van der Waals surface area contributed by atoms with Crippen molar-refractivity contribution in [2.75, 3.05) is 7.11 Å². The summed E-state index contributed by atoms with van der Waals surface area (Å²) in [6.07, 6.45) is 0.451. The molecule has 0 saturated carbocycles. The lowest BCUT2D eigenvalue weighted by Crippen LogP contribution is -2.11. The first-order valence-electron chi connectivity index (χ1n) is 8.39. The zero-order valence-electron chi connectivity index (χ0n) is 15.0. The molecule has 6 heteroatoms. The number of hydrogen-bond acceptors (Lipinski definition) is 6. The minimum Gasteiger partial charge on any atom is -0.469 e. The summed E-state index contributed by atoms with van der Waals surface area (Å²) < 4.78 is 15.4. The number of methoxy groups -OCH3 is 1. The van der Waals surface area contributed by atoms with E-state index in [1.807, 2.05) is 0 Å². The van der Waals surface area contributed by atoms with Crippen molar-refractivity contribution in [1.82, 2.24) is 0 Å². The fourth-order valence-electron chi connectivity index (χ4n) is 2.75. The first-order chi connectivity index (χ1) is 13.0. The van der Waals surface area contributed by atoms with Crippen molar-refractivity contribution in [2.45, 2.75) is 19.8 Å². The average Bonchev–Trinajstić information content (AvgIpc) is 2.66. The molecular weight excluding hydrogens is 348 g/mol. The van der Waals surface area contributed by atoms with Gasteiger partial charge in [-0.3, -0.25) is 4.79 Å². The number of ether oxygens (including phenoxy) is 2. The number of esters is 2. The third-order valence-electron chi connectivity index (χ3n) is 4.17. The molecule has 0 amide bonds. The Kier molecular flexibility index (Phi) is 5.35. The van der Waals surface area contributed by atoms with Gasteiger partial charge < -0.3 is 13.9 Å². The molecule has 27 heavy (non-hydrogen) atoms. The quantitative estimate of drug-likeness (QED) is 0.391. The summed E-state index contributed by atoms with van der Waals surface area (Å²) in [5.41, 5.74) is 1.61. The highest BCUT2D eigenvalue weighted by atomic mass is 16.5. The van der Waals surface area contributed by atoms with E-state index in [2.05, 4.69) is 4.74 Å². The van der Waals surface area contributed by atoms with Gasteiger partial charge in [-0.15, -0.1) is 0 Å². The second kappa shape index (κ2) is 7.86.